The molecule has 0 bridgehead atoms. The van der Waals surface area contributed by atoms with Crippen molar-refractivity contribution >= 4 is 11.9 Å². The zero-order chi connectivity index (χ0) is 15.1. The number of urea groups is 1. The molecule has 4 N–H and O–H groups in total. The van der Waals surface area contributed by atoms with E-state index in [1.807, 2.05) is 20.8 Å². The summed E-state index contributed by atoms with van der Waals surface area (Å²) in [6, 6.07) is 0.297. The summed E-state index contributed by atoms with van der Waals surface area (Å²) in [6.07, 6.45) is 4.08. The summed E-state index contributed by atoms with van der Waals surface area (Å²) in [6.45, 7) is 6.82. The lowest BCUT2D eigenvalue weighted by Crippen LogP contribution is -2.49. The number of hydrogen-bond acceptors (Lipinski definition) is 4. The van der Waals surface area contributed by atoms with Gasteiger partial charge in [0.25, 0.3) is 0 Å². The number of imide groups is 1. The molecular formula is C14H28N4O2. The number of hydrogen-bond donors (Lipinski definition) is 3. The minimum absolute atomic E-state index is 0.0184. The van der Waals surface area contributed by atoms with Gasteiger partial charge in [-0.1, -0.05) is 6.92 Å². The van der Waals surface area contributed by atoms with Crippen molar-refractivity contribution in [2.75, 3.05) is 13.1 Å². The molecule has 116 valence electrons. The number of carbonyl (C=O) groups is 2. The first-order valence-corrected chi connectivity index (χ1v) is 7.52. The van der Waals surface area contributed by atoms with Crippen molar-refractivity contribution in [1.29, 1.82) is 0 Å². The van der Waals surface area contributed by atoms with Crippen molar-refractivity contribution in [3.05, 3.63) is 0 Å². The van der Waals surface area contributed by atoms with Crippen LogP contribution in [-0.2, 0) is 4.79 Å². The molecule has 20 heavy (non-hydrogen) atoms. The predicted molar refractivity (Wildman–Crippen MR) is 79.3 cm³/mol. The molecule has 1 aliphatic rings. The average Bonchev–Trinajstić information content (AvgIpc) is 2.36. The van der Waals surface area contributed by atoms with E-state index >= 15 is 0 Å². The van der Waals surface area contributed by atoms with Crippen molar-refractivity contribution in [1.82, 2.24) is 15.5 Å². The van der Waals surface area contributed by atoms with Gasteiger partial charge in [-0.15, -0.1) is 0 Å². The van der Waals surface area contributed by atoms with E-state index < -0.39 is 6.03 Å². The summed E-state index contributed by atoms with van der Waals surface area (Å²) in [7, 11) is 0. The third-order valence-electron chi connectivity index (χ3n) is 3.68. The molecule has 1 aliphatic carbocycles. The first-order valence-electron chi connectivity index (χ1n) is 7.52. The molecule has 0 aromatic heterocycles. The van der Waals surface area contributed by atoms with Gasteiger partial charge in [0.05, 0.1) is 6.54 Å². The molecule has 0 radical (unpaired) electrons. The molecule has 0 aromatic carbocycles. The molecule has 0 spiro atoms. The molecule has 1 saturated carbocycles. The van der Waals surface area contributed by atoms with Gasteiger partial charge >= 0.3 is 6.03 Å². The molecule has 0 aliphatic heterocycles. The van der Waals surface area contributed by atoms with Gasteiger partial charge in [0.15, 0.2) is 0 Å². The largest absolute Gasteiger partial charge is 0.336 e. The summed E-state index contributed by atoms with van der Waals surface area (Å²) in [5.41, 5.74) is 5.90. The van der Waals surface area contributed by atoms with Crippen molar-refractivity contribution < 1.29 is 9.59 Å². The molecule has 0 saturated heterocycles. The number of nitrogens with two attached hydrogens (primary N) is 1. The summed E-state index contributed by atoms with van der Waals surface area (Å²) in [5.74, 6) is -0.250. The molecule has 0 atom stereocenters. The van der Waals surface area contributed by atoms with Crippen LogP contribution in [0.4, 0.5) is 4.79 Å². The van der Waals surface area contributed by atoms with Crippen molar-refractivity contribution in [3.63, 3.8) is 0 Å². The summed E-state index contributed by atoms with van der Waals surface area (Å²) in [5, 5.41) is 5.01. The van der Waals surface area contributed by atoms with E-state index in [-0.39, 0.29) is 18.5 Å². The van der Waals surface area contributed by atoms with E-state index in [0.29, 0.717) is 12.1 Å². The lowest BCUT2D eigenvalue weighted by molar-refractivity contribution is -0.121. The fourth-order valence-corrected chi connectivity index (χ4v) is 2.61. The zero-order valence-corrected chi connectivity index (χ0v) is 12.8. The van der Waals surface area contributed by atoms with Gasteiger partial charge in [-0.25, -0.2) is 4.79 Å². The number of carbonyl (C=O) groups excluding carboxylic acids is 2. The molecule has 3 amide bonds. The summed E-state index contributed by atoms with van der Waals surface area (Å²) < 4.78 is 0. The summed E-state index contributed by atoms with van der Waals surface area (Å²) in [4.78, 5) is 25.5. The van der Waals surface area contributed by atoms with Crippen LogP contribution in [0.3, 0.4) is 0 Å². The Labute approximate surface area is 121 Å². The van der Waals surface area contributed by atoms with E-state index in [0.717, 1.165) is 32.2 Å². The van der Waals surface area contributed by atoms with Gasteiger partial charge in [-0.05, 0) is 46.1 Å². The van der Waals surface area contributed by atoms with Crippen LogP contribution in [0.15, 0.2) is 0 Å². The van der Waals surface area contributed by atoms with Gasteiger partial charge in [0.1, 0.15) is 0 Å². The van der Waals surface area contributed by atoms with Crippen molar-refractivity contribution in [2.45, 2.75) is 64.6 Å². The second kappa shape index (κ2) is 8.21. The number of likely N-dealkylation sites (N-methyl/N-ethyl adjacent to an activating group) is 1. The number of nitrogens with one attached hydrogen (secondary N) is 2. The topological polar surface area (TPSA) is 87.5 Å². The number of nitrogens with zero attached hydrogens (tertiary/aromatic N) is 1. The van der Waals surface area contributed by atoms with Crippen LogP contribution in [0.1, 0.15) is 46.5 Å². The Balaban J connectivity index is 2.39. The fourth-order valence-electron chi connectivity index (χ4n) is 2.61. The average molecular weight is 284 g/mol. The minimum Gasteiger partial charge on any atom is -0.336 e. The third kappa shape index (κ3) is 5.88. The van der Waals surface area contributed by atoms with E-state index in [1.54, 1.807) is 0 Å². The molecule has 0 heterocycles. The molecule has 6 heteroatoms. The highest BCUT2D eigenvalue weighted by atomic mass is 16.2. The Hall–Kier alpha value is -1.14. The number of amides is 3. The molecule has 1 fully saturated rings. The highest BCUT2D eigenvalue weighted by Crippen LogP contribution is 2.21. The van der Waals surface area contributed by atoms with Crippen molar-refractivity contribution in [3.8, 4) is 0 Å². The SMILES string of the molecule is CCN(CC(=O)NC(=O)NC(C)C)C1CCC(N)CC1. The number of rotatable bonds is 5. The lowest BCUT2D eigenvalue weighted by Gasteiger charge is -2.34. The van der Waals surface area contributed by atoms with E-state index in [1.165, 1.54) is 0 Å². The highest BCUT2D eigenvalue weighted by Gasteiger charge is 2.25. The van der Waals surface area contributed by atoms with Crippen molar-refractivity contribution in [2.24, 2.45) is 5.73 Å². The molecule has 1 rings (SSSR count). The van der Waals surface area contributed by atoms with E-state index in [2.05, 4.69) is 15.5 Å². The van der Waals surface area contributed by atoms with Crippen LogP contribution in [0.5, 0.6) is 0 Å². The Morgan fingerprint density at radius 3 is 2.35 bits per heavy atom. The zero-order valence-electron chi connectivity index (χ0n) is 12.8. The Morgan fingerprint density at radius 1 is 1.25 bits per heavy atom. The Kier molecular flexibility index (Phi) is 6.95. The standard InChI is InChI=1S/C14H28N4O2/c1-4-18(12-7-5-11(15)6-8-12)9-13(19)17-14(20)16-10(2)3/h10-12H,4-9,15H2,1-3H3,(H2,16,17,19,20). The highest BCUT2D eigenvalue weighted by molar-refractivity contribution is 5.95. The molecule has 0 unspecified atom stereocenters. The van der Waals surface area contributed by atoms with Gasteiger partial charge in [0.2, 0.25) is 5.91 Å². The molecule has 6 nitrogen and oxygen atoms in total. The van der Waals surface area contributed by atoms with Crippen LogP contribution < -0.4 is 16.4 Å². The summed E-state index contributed by atoms with van der Waals surface area (Å²) >= 11 is 0. The minimum atomic E-state index is -0.424. The van der Waals surface area contributed by atoms with E-state index in [9.17, 15) is 9.59 Å². The normalized spacial score (nSPS) is 22.9. The first-order chi connectivity index (χ1) is 9.42. The lowest BCUT2D eigenvalue weighted by atomic mass is 9.91. The van der Waals surface area contributed by atoms with Crippen LogP contribution in [0.25, 0.3) is 0 Å². The van der Waals surface area contributed by atoms with Crippen LogP contribution in [0.2, 0.25) is 0 Å². The van der Waals surface area contributed by atoms with Crippen LogP contribution in [0, 0.1) is 0 Å². The van der Waals surface area contributed by atoms with Gasteiger partial charge < -0.3 is 11.1 Å². The van der Waals surface area contributed by atoms with E-state index in [4.69, 9.17) is 5.73 Å². The second-order valence-corrected chi connectivity index (χ2v) is 5.81. The van der Waals surface area contributed by atoms with Crippen LogP contribution in [-0.4, -0.2) is 48.1 Å². The Bertz CT molecular complexity index is 325. The third-order valence-corrected chi connectivity index (χ3v) is 3.68. The monoisotopic (exact) mass is 284 g/mol. The quantitative estimate of drug-likeness (QED) is 0.697. The van der Waals surface area contributed by atoms with Gasteiger partial charge in [0, 0.05) is 18.1 Å². The first kappa shape index (κ1) is 16.9. The fraction of sp³-hybridized carbons (Fsp3) is 0.857. The molecular weight excluding hydrogens is 256 g/mol. The Morgan fingerprint density at radius 2 is 1.85 bits per heavy atom. The maximum absolute atomic E-state index is 11.9. The van der Waals surface area contributed by atoms with Crippen LogP contribution >= 0.6 is 0 Å². The predicted octanol–water partition coefficient (Wildman–Crippen LogP) is 0.812. The maximum atomic E-state index is 11.9. The molecule has 0 aromatic rings. The maximum Gasteiger partial charge on any atom is 0.321 e. The van der Waals surface area contributed by atoms with Gasteiger partial charge in [-0.2, -0.15) is 0 Å². The van der Waals surface area contributed by atoms with Gasteiger partial charge in [-0.3, -0.25) is 15.0 Å². The second-order valence-electron chi connectivity index (χ2n) is 5.81. The smallest absolute Gasteiger partial charge is 0.321 e.